The van der Waals surface area contributed by atoms with Gasteiger partial charge in [-0.25, -0.2) is 0 Å². The second kappa shape index (κ2) is 3.13. The average molecular weight is 164 g/mol. The summed E-state index contributed by atoms with van der Waals surface area (Å²) in [4.78, 5) is 11.7. The van der Waals surface area contributed by atoms with Gasteiger partial charge in [-0.15, -0.1) is 0 Å². The second-order valence-corrected chi connectivity index (χ2v) is 2.63. The molecule has 1 atom stereocenters. The smallest absolute Gasteiger partial charge is 0.315 e. The number of amides is 1. The largest absolute Gasteiger partial charge is 0.336 e. The lowest BCUT2D eigenvalue weighted by atomic mass is 10.3. The van der Waals surface area contributed by atoms with Crippen LogP contribution in [0, 0.1) is 0 Å². The van der Waals surface area contributed by atoms with E-state index < -0.39 is 12.3 Å². The molecular formula is C6H10F2N2O. The normalized spacial score (nSPS) is 24.7. The van der Waals surface area contributed by atoms with Gasteiger partial charge in [0.05, 0.1) is 0 Å². The van der Waals surface area contributed by atoms with Crippen molar-refractivity contribution in [3.63, 3.8) is 0 Å². The second-order valence-electron chi connectivity index (χ2n) is 2.63. The van der Waals surface area contributed by atoms with E-state index in [0.29, 0.717) is 13.0 Å². The van der Waals surface area contributed by atoms with E-state index >= 15 is 0 Å². The zero-order chi connectivity index (χ0) is 8.43. The molecule has 0 aromatic rings. The molecule has 1 fully saturated rings. The first kappa shape index (κ1) is 8.39. The Balaban J connectivity index is 2.43. The van der Waals surface area contributed by atoms with Crippen LogP contribution in [-0.4, -0.2) is 36.4 Å². The van der Waals surface area contributed by atoms with Crippen molar-refractivity contribution >= 4 is 5.91 Å². The van der Waals surface area contributed by atoms with Gasteiger partial charge in [0.15, 0.2) is 0 Å². The molecule has 1 heterocycles. The van der Waals surface area contributed by atoms with Gasteiger partial charge in [-0.1, -0.05) is 0 Å². The predicted molar refractivity (Wildman–Crippen MR) is 35.2 cm³/mol. The van der Waals surface area contributed by atoms with Crippen LogP contribution < -0.4 is 5.73 Å². The SMILES string of the molecule is NC1CCN(C(=O)C(F)F)C1. The third-order valence-corrected chi connectivity index (χ3v) is 1.72. The summed E-state index contributed by atoms with van der Waals surface area (Å²) in [5.74, 6) is -1.10. The summed E-state index contributed by atoms with van der Waals surface area (Å²) >= 11 is 0. The van der Waals surface area contributed by atoms with E-state index in [0.717, 1.165) is 4.90 Å². The van der Waals surface area contributed by atoms with Crippen molar-refractivity contribution in [2.75, 3.05) is 13.1 Å². The highest BCUT2D eigenvalue weighted by Crippen LogP contribution is 2.10. The Morgan fingerprint density at radius 1 is 1.64 bits per heavy atom. The number of hydrogen-bond acceptors (Lipinski definition) is 2. The number of halogens is 2. The quantitative estimate of drug-likeness (QED) is 0.584. The van der Waals surface area contributed by atoms with Gasteiger partial charge in [-0.3, -0.25) is 4.79 Å². The molecule has 1 amide bonds. The molecule has 2 N–H and O–H groups in total. The van der Waals surface area contributed by atoms with E-state index in [1.54, 1.807) is 0 Å². The molecule has 1 aliphatic rings. The maximum atomic E-state index is 11.8. The number of hydrogen-bond donors (Lipinski definition) is 1. The van der Waals surface area contributed by atoms with Crippen LogP contribution in [-0.2, 0) is 4.79 Å². The Morgan fingerprint density at radius 3 is 2.64 bits per heavy atom. The fourth-order valence-electron chi connectivity index (χ4n) is 1.13. The van der Waals surface area contributed by atoms with Crippen molar-refractivity contribution in [2.45, 2.75) is 18.9 Å². The molecule has 1 unspecified atom stereocenters. The van der Waals surface area contributed by atoms with Crippen LogP contribution in [0.4, 0.5) is 8.78 Å². The number of likely N-dealkylation sites (tertiary alicyclic amines) is 1. The highest BCUT2D eigenvalue weighted by atomic mass is 19.3. The Hall–Kier alpha value is -0.710. The van der Waals surface area contributed by atoms with Crippen molar-refractivity contribution in [2.24, 2.45) is 5.73 Å². The van der Waals surface area contributed by atoms with Crippen molar-refractivity contribution in [1.82, 2.24) is 4.90 Å². The van der Waals surface area contributed by atoms with E-state index in [1.165, 1.54) is 0 Å². The van der Waals surface area contributed by atoms with Gasteiger partial charge < -0.3 is 10.6 Å². The zero-order valence-electron chi connectivity index (χ0n) is 5.96. The fraction of sp³-hybridized carbons (Fsp3) is 0.833. The van der Waals surface area contributed by atoms with Crippen molar-refractivity contribution in [3.8, 4) is 0 Å². The first-order valence-corrected chi connectivity index (χ1v) is 3.44. The van der Waals surface area contributed by atoms with Crippen LogP contribution in [0.2, 0.25) is 0 Å². The topological polar surface area (TPSA) is 46.3 Å². The molecule has 0 aromatic heterocycles. The Labute approximate surface area is 63.2 Å². The van der Waals surface area contributed by atoms with Gasteiger partial charge in [0.1, 0.15) is 0 Å². The number of alkyl halides is 2. The molecule has 0 aromatic carbocycles. The van der Waals surface area contributed by atoms with E-state index in [1.807, 2.05) is 0 Å². The maximum absolute atomic E-state index is 11.8. The van der Waals surface area contributed by atoms with Gasteiger partial charge >= 0.3 is 6.43 Å². The van der Waals surface area contributed by atoms with E-state index in [4.69, 9.17) is 5.73 Å². The zero-order valence-corrected chi connectivity index (χ0v) is 5.96. The fourth-order valence-corrected chi connectivity index (χ4v) is 1.13. The van der Waals surface area contributed by atoms with Crippen LogP contribution in [0.1, 0.15) is 6.42 Å². The lowest BCUT2D eigenvalue weighted by Crippen LogP contribution is -2.35. The van der Waals surface area contributed by atoms with Crippen molar-refractivity contribution < 1.29 is 13.6 Å². The third-order valence-electron chi connectivity index (χ3n) is 1.72. The van der Waals surface area contributed by atoms with Crippen LogP contribution in [0.5, 0.6) is 0 Å². The summed E-state index contributed by atoms with van der Waals surface area (Å²) < 4.78 is 23.6. The molecule has 3 nitrogen and oxygen atoms in total. The molecule has 0 bridgehead atoms. The summed E-state index contributed by atoms with van der Waals surface area (Å²) in [6, 6.07) is -0.127. The molecule has 0 saturated carbocycles. The summed E-state index contributed by atoms with van der Waals surface area (Å²) in [6.45, 7) is 0.632. The summed E-state index contributed by atoms with van der Waals surface area (Å²) in [7, 11) is 0. The highest BCUT2D eigenvalue weighted by Gasteiger charge is 2.28. The molecule has 5 heteroatoms. The summed E-state index contributed by atoms with van der Waals surface area (Å²) in [6.07, 6.45) is -2.27. The van der Waals surface area contributed by atoms with E-state index in [9.17, 15) is 13.6 Å². The first-order valence-electron chi connectivity index (χ1n) is 3.44. The highest BCUT2D eigenvalue weighted by molar-refractivity contribution is 5.79. The van der Waals surface area contributed by atoms with Crippen LogP contribution in [0.15, 0.2) is 0 Å². The van der Waals surface area contributed by atoms with Gasteiger partial charge in [0.2, 0.25) is 0 Å². The maximum Gasteiger partial charge on any atom is 0.315 e. The molecule has 11 heavy (non-hydrogen) atoms. The number of nitrogens with zero attached hydrogens (tertiary/aromatic N) is 1. The predicted octanol–water partition coefficient (Wildman–Crippen LogP) is -0.189. The standard InChI is InChI=1S/C6H10F2N2O/c7-5(8)6(11)10-2-1-4(9)3-10/h4-5H,1-3,9H2. The van der Waals surface area contributed by atoms with Gasteiger partial charge in [-0.05, 0) is 6.42 Å². The Bertz CT molecular complexity index is 163. The van der Waals surface area contributed by atoms with Crippen LogP contribution in [0.25, 0.3) is 0 Å². The lowest BCUT2D eigenvalue weighted by Gasteiger charge is -2.14. The Kier molecular flexibility index (Phi) is 2.38. The number of carbonyl (C=O) groups is 1. The van der Waals surface area contributed by atoms with Crippen molar-refractivity contribution in [3.05, 3.63) is 0 Å². The monoisotopic (exact) mass is 164 g/mol. The van der Waals surface area contributed by atoms with E-state index in [-0.39, 0.29) is 12.6 Å². The van der Waals surface area contributed by atoms with Crippen molar-refractivity contribution in [1.29, 1.82) is 0 Å². The average Bonchev–Trinajstić information content (AvgIpc) is 2.34. The summed E-state index contributed by atoms with van der Waals surface area (Å²) in [5.41, 5.74) is 5.42. The minimum Gasteiger partial charge on any atom is -0.336 e. The molecule has 64 valence electrons. The third kappa shape index (κ3) is 1.86. The number of rotatable bonds is 1. The molecule has 0 aliphatic carbocycles. The molecule has 1 rings (SSSR count). The summed E-state index contributed by atoms with van der Waals surface area (Å²) in [5, 5.41) is 0. The van der Waals surface area contributed by atoms with Gasteiger partial charge in [-0.2, -0.15) is 8.78 Å². The van der Waals surface area contributed by atoms with Crippen LogP contribution >= 0.6 is 0 Å². The molecule has 0 radical (unpaired) electrons. The molecule has 1 aliphatic heterocycles. The minimum atomic E-state index is -2.89. The van der Waals surface area contributed by atoms with Gasteiger partial charge in [0, 0.05) is 19.1 Å². The Morgan fingerprint density at radius 2 is 2.27 bits per heavy atom. The first-order chi connectivity index (χ1) is 5.11. The molecule has 1 saturated heterocycles. The number of nitrogens with two attached hydrogens (primary N) is 1. The molecule has 0 spiro atoms. The number of carbonyl (C=O) groups excluding carboxylic acids is 1. The van der Waals surface area contributed by atoms with Gasteiger partial charge in [0.25, 0.3) is 5.91 Å². The lowest BCUT2D eigenvalue weighted by molar-refractivity contribution is -0.141. The van der Waals surface area contributed by atoms with E-state index in [2.05, 4.69) is 0 Å². The minimum absolute atomic E-state index is 0.127. The van der Waals surface area contributed by atoms with Crippen LogP contribution in [0.3, 0.4) is 0 Å². The molecular weight excluding hydrogens is 154 g/mol.